The average Bonchev–Trinajstić information content (AvgIpc) is 2.25. The highest BCUT2D eigenvalue weighted by Crippen LogP contribution is 2.28. The van der Waals surface area contributed by atoms with Crippen LogP contribution in [0.25, 0.3) is 0 Å². The highest BCUT2D eigenvalue weighted by molar-refractivity contribution is 7.99. The Morgan fingerprint density at radius 3 is 2.88 bits per heavy atom. The van der Waals surface area contributed by atoms with Crippen LogP contribution in [0.3, 0.4) is 0 Å². The monoisotopic (exact) mass is 260 g/mol. The first-order chi connectivity index (χ1) is 7.54. The lowest BCUT2D eigenvalue weighted by molar-refractivity contribution is -0.388. The van der Waals surface area contributed by atoms with E-state index in [4.69, 9.17) is 11.6 Å². The van der Waals surface area contributed by atoms with Gasteiger partial charge in [0.2, 0.25) is 0 Å². The summed E-state index contributed by atoms with van der Waals surface area (Å²) < 4.78 is 0. The molecular weight excluding hydrogens is 248 g/mol. The van der Waals surface area contributed by atoms with Crippen LogP contribution in [0.2, 0.25) is 0 Å². The van der Waals surface area contributed by atoms with Gasteiger partial charge in [0.15, 0.2) is 5.03 Å². The molecule has 1 unspecified atom stereocenters. The van der Waals surface area contributed by atoms with Crippen LogP contribution in [0.4, 0.5) is 5.69 Å². The molecule has 0 saturated heterocycles. The van der Waals surface area contributed by atoms with Gasteiger partial charge in [-0.1, -0.05) is 18.7 Å². The maximum Gasteiger partial charge on any atom is 0.301 e. The molecule has 1 rings (SSSR count). The Morgan fingerprint density at radius 2 is 2.31 bits per heavy atom. The van der Waals surface area contributed by atoms with Gasteiger partial charge in [-0.3, -0.25) is 10.1 Å². The van der Waals surface area contributed by atoms with E-state index < -0.39 is 4.92 Å². The lowest BCUT2D eigenvalue weighted by Gasteiger charge is -2.06. The fourth-order valence-corrected chi connectivity index (χ4v) is 2.33. The van der Waals surface area contributed by atoms with Crippen molar-refractivity contribution in [3.05, 3.63) is 27.9 Å². The molecule has 0 N–H and O–H groups in total. The first-order valence-corrected chi connectivity index (χ1v) is 6.37. The van der Waals surface area contributed by atoms with Gasteiger partial charge in [0.05, 0.1) is 4.92 Å². The number of halogens is 1. The summed E-state index contributed by atoms with van der Waals surface area (Å²) in [5, 5.41) is 11.2. The van der Waals surface area contributed by atoms with Gasteiger partial charge in [-0.25, -0.2) is 4.98 Å². The molecule has 0 aromatic carbocycles. The van der Waals surface area contributed by atoms with Crippen molar-refractivity contribution >= 4 is 29.1 Å². The molecule has 16 heavy (non-hydrogen) atoms. The van der Waals surface area contributed by atoms with Gasteiger partial charge in [-0.15, -0.1) is 11.6 Å². The SMILES string of the molecule is Cc1ccc([N+](=O)[O-])c(SCC(C)CCl)n1. The standard InChI is InChI=1S/C10H13ClN2O2S/c1-7(5-11)6-16-10-9(13(14)15)4-3-8(2)12-10/h3-4,7H,5-6H2,1-2H3. The van der Waals surface area contributed by atoms with Crippen LogP contribution >= 0.6 is 23.4 Å². The van der Waals surface area contributed by atoms with Crippen molar-refractivity contribution in [2.45, 2.75) is 18.9 Å². The Bertz CT molecular complexity index is 387. The van der Waals surface area contributed by atoms with E-state index in [9.17, 15) is 10.1 Å². The second-order valence-corrected chi connectivity index (χ2v) is 4.92. The molecule has 0 bridgehead atoms. The molecular formula is C10H13ClN2O2S. The zero-order valence-electron chi connectivity index (χ0n) is 9.14. The van der Waals surface area contributed by atoms with Crippen LogP contribution in [-0.2, 0) is 0 Å². The van der Waals surface area contributed by atoms with Crippen LogP contribution in [0.15, 0.2) is 17.2 Å². The average molecular weight is 261 g/mol. The third-order valence-corrected chi connectivity index (χ3v) is 3.78. The fraction of sp³-hybridized carbons (Fsp3) is 0.500. The predicted octanol–water partition coefficient (Wildman–Crippen LogP) is 3.27. The second-order valence-electron chi connectivity index (χ2n) is 3.60. The normalized spacial score (nSPS) is 12.4. The number of rotatable bonds is 5. The summed E-state index contributed by atoms with van der Waals surface area (Å²) in [5.74, 6) is 1.60. The van der Waals surface area contributed by atoms with Gasteiger partial charge in [0.25, 0.3) is 0 Å². The Balaban J connectivity index is 2.84. The summed E-state index contributed by atoms with van der Waals surface area (Å²) >= 11 is 7.07. The molecule has 88 valence electrons. The number of nitro groups is 1. The van der Waals surface area contributed by atoms with Crippen LogP contribution in [0.1, 0.15) is 12.6 Å². The third kappa shape index (κ3) is 3.64. The molecule has 0 spiro atoms. The number of hydrogen-bond donors (Lipinski definition) is 0. The zero-order valence-corrected chi connectivity index (χ0v) is 10.7. The molecule has 0 saturated carbocycles. The molecule has 1 aromatic rings. The number of alkyl halides is 1. The molecule has 0 aliphatic heterocycles. The van der Waals surface area contributed by atoms with E-state index in [1.165, 1.54) is 17.8 Å². The van der Waals surface area contributed by atoms with Crippen LogP contribution in [0, 0.1) is 23.0 Å². The van der Waals surface area contributed by atoms with Crippen LogP contribution in [0.5, 0.6) is 0 Å². The summed E-state index contributed by atoms with van der Waals surface area (Å²) in [5.41, 5.74) is 0.851. The maximum atomic E-state index is 10.8. The summed E-state index contributed by atoms with van der Waals surface area (Å²) in [4.78, 5) is 14.5. The smallest absolute Gasteiger partial charge is 0.258 e. The van der Waals surface area contributed by atoms with Gasteiger partial charge in [-0.2, -0.15) is 0 Å². The molecule has 1 heterocycles. The van der Waals surface area contributed by atoms with E-state index in [-0.39, 0.29) is 5.69 Å². The van der Waals surface area contributed by atoms with E-state index in [1.54, 1.807) is 6.07 Å². The van der Waals surface area contributed by atoms with Crippen molar-refractivity contribution in [3.63, 3.8) is 0 Å². The lowest BCUT2D eigenvalue weighted by Crippen LogP contribution is -2.01. The summed E-state index contributed by atoms with van der Waals surface area (Å²) in [6, 6.07) is 3.14. The highest BCUT2D eigenvalue weighted by atomic mass is 35.5. The molecule has 6 heteroatoms. The fourth-order valence-electron chi connectivity index (χ4n) is 1.04. The quantitative estimate of drug-likeness (QED) is 0.353. The molecule has 4 nitrogen and oxygen atoms in total. The maximum absolute atomic E-state index is 10.8. The summed E-state index contributed by atoms with van der Waals surface area (Å²) in [6.07, 6.45) is 0. The lowest BCUT2D eigenvalue weighted by atomic mass is 10.3. The Hall–Kier alpha value is -0.810. The Morgan fingerprint density at radius 1 is 1.62 bits per heavy atom. The molecule has 1 atom stereocenters. The first kappa shape index (κ1) is 13.3. The van der Waals surface area contributed by atoms with Crippen molar-refractivity contribution in [1.82, 2.24) is 4.98 Å². The largest absolute Gasteiger partial charge is 0.301 e. The Labute approximate surface area is 104 Å². The van der Waals surface area contributed by atoms with E-state index >= 15 is 0 Å². The molecule has 1 aromatic heterocycles. The van der Waals surface area contributed by atoms with Crippen molar-refractivity contribution in [1.29, 1.82) is 0 Å². The molecule has 0 amide bonds. The molecule has 0 radical (unpaired) electrons. The van der Waals surface area contributed by atoms with Gasteiger partial charge in [0.1, 0.15) is 0 Å². The number of aryl methyl sites for hydroxylation is 1. The first-order valence-electron chi connectivity index (χ1n) is 4.85. The molecule has 0 aliphatic carbocycles. The second kappa shape index (κ2) is 6.06. The minimum absolute atomic E-state index is 0.0670. The van der Waals surface area contributed by atoms with Crippen molar-refractivity contribution < 1.29 is 4.92 Å². The van der Waals surface area contributed by atoms with Crippen molar-refractivity contribution in [2.75, 3.05) is 11.6 Å². The number of nitrogens with zero attached hydrogens (tertiary/aromatic N) is 2. The minimum Gasteiger partial charge on any atom is -0.258 e. The van der Waals surface area contributed by atoms with Crippen molar-refractivity contribution in [3.8, 4) is 0 Å². The number of thioether (sulfide) groups is 1. The van der Waals surface area contributed by atoms with E-state index in [2.05, 4.69) is 4.98 Å². The van der Waals surface area contributed by atoms with E-state index in [0.29, 0.717) is 16.8 Å². The van der Waals surface area contributed by atoms with Crippen molar-refractivity contribution in [2.24, 2.45) is 5.92 Å². The van der Waals surface area contributed by atoms with Gasteiger partial charge >= 0.3 is 5.69 Å². The molecule has 0 fully saturated rings. The van der Waals surface area contributed by atoms with Gasteiger partial charge in [-0.05, 0) is 18.9 Å². The number of hydrogen-bond acceptors (Lipinski definition) is 4. The van der Waals surface area contributed by atoms with Gasteiger partial charge < -0.3 is 0 Å². The molecule has 0 aliphatic rings. The number of pyridine rings is 1. The number of aromatic nitrogens is 1. The highest BCUT2D eigenvalue weighted by Gasteiger charge is 2.16. The predicted molar refractivity (Wildman–Crippen MR) is 66.2 cm³/mol. The zero-order chi connectivity index (χ0) is 12.1. The topological polar surface area (TPSA) is 56.0 Å². The van der Waals surface area contributed by atoms with E-state index in [0.717, 1.165) is 11.4 Å². The van der Waals surface area contributed by atoms with Gasteiger partial charge in [0, 0.05) is 23.4 Å². The van der Waals surface area contributed by atoms with Crippen LogP contribution < -0.4 is 0 Å². The van der Waals surface area contributed by atoms with E-state index in [1.807, 2.05) is 13.8 Å². The third-order valence-electron chi connectivity index (χ3n) is 1.94. The minimum atomic E-state index is -0.403. The summed E-state index contributed by atoms with van der Waals surface area (Å²) in [6.45, 7) is 3.82. The Kier molecular flexibility index (Phi) is 5.02. The van der Waals surface area contributed by atoms with Crippen LogP contribution in [-0.4, -0.2) is 21.5 Å². The summed E-state index contributed by atoms with van der Waals surface area (Å²) in [7, 11) is 0.